The summed E-state index contributed by atoms with van der Waals surface area (Å²) in [6, 6.07) is 9.42. The third kappa shape index (κ3) is 2.98. The van der Waals surface area contributed by atoms with E-state index in [0.717, 1.165) is 11.1 Å². The number of hydrogen-bond donors (Lipinski definition) is 0. The van der Waals surface area contributed by atoms with Gasteiger partial charge in [0.15, 0.2) is 11.5 Å². The lowest BCUT2D eigenvalue weighted by molar-refractivity contribution is -0.138. The number of carbonyl (C=O) groups excluding carboxylic acids is 1. The second kappa shape index (κ2) is 7.07. The molecule has 26 heavy (non-hydrogen) atoms. The maximum absolute atomic E-state index is 13.2. The molecule has 0 aromatic heterocycles. The minimum atomic E-state index is -0.318. The highest BCUT2D eigenvalue weighted by Gasteiger charge is 2.41. The molecule has 5 nitrogen and oxygen atoms in total. The fourth-order valence-corrected chi connectivity index (χ4v) is 3.15. The number of rotatable bonds is 6. The number of β-lactam (4-membered cyclic amide) rings is 1. The molecule has 1 aliphatic heterocycles. The molecule has 1 saturated heterocycles. The Labute approximate surface area is 151 Å². The molecule has 0 spiro atoms. The molecule has 136 valence electrons. The molecular weight excluding hydrogens is 337 g/mol. The molecule has 0 N–H and O–H groups in total. The van der Waals surface area contributed by atoms with Crippen LogP contribution in [0.1, 0.15) is 17.2 Å². The van der Waals surface area contributed by atoms with Gasteiger partial charge in [0.2, 0.25) is 5.75 Å². The Bertz CT molecular complexity index is 822. The van der Waals surface area contributed by atoms with Gasteiger partial charge in [-0.2, -0.15) is 0 Å². The average Bonchev–Trinajstić information content (AvgIpc) is 2.67. The van der Waals surface area contributed by atoms with Crippen molar-refractivity contribution in [3.8, 4) is 17.2 Å². The highest BCUT2D eigenvalue weighted by molar-refractivity contribution is 6.01. The van der Waals surface area contributed by atoms with Gasteiger partial charge in [-0.3, -0.25) is 4.79 Å². The molecule has 1 atom stereocenters. The molecule has 1 fully saturated rings. The van der Waals surface area contributed by atoms with Crippen LogP contribution in [0.3, 0.4) is 0 Å². The normalized spacial score (nSPS) is 16.3. The van der Waals surface area contributed by atoms with Crippen LogP contribution in [0.2, 0.25) is 0 Å². The largest absolute Gasteiger partial charge is 0.493 e. The lowest BCUT2D eigenvalue weighted by Crippen LogP contribution is -2.47. The van der Waals surface area contributed by atoms with Crippen molar-refractivity contribution in [2.24, 2.45) is 0 Å². The first-order valence-corrected chi connectivity index (χ1v) is 8.04. The van der Waals surface area contributed by atoms with Gasteiger partial charge in [0, 0.05) is 12.1 Å². The van der Waals surface area contributed by atoms with E-state index >= 15 is 0 Å². The Kier molecular flexibility index (Phi) is 4.84. The SMILES string of the molecule is C=C1C(=O)N(Cc2cc(OC)c(OC)c(OC)c2)[C@H]1c1ccc(F)cc1. The summed E-state index contributed by atoms with van der Waals surface area (Å²) in [6.45, 7) is 4.20. The number of halogens is 1. The number of likely N-dealkylation sites (tertiary alicyclic amines) is 1. The molecule has 1 amide bonds. The number of nitrogens with zero attached hydrogens (tertiary/aromatic N) is 1. The van der Waals surface area contributed by atoms with Crippen molar-refractivity contribution in [1.29, 1.82) is 0 Å². The minimum Gasteiger partial charge on any atom is -0.493 e. The van der Waals surface area contributed by atoms with E-state index < -0.39 is 0 Å². The summed E-state index contributed by atoms with van der Waals surface area (Å²) in [4.78, 5) is 14.0. The number of benzene rings is 2. The van der Waals surface area contributed by atoms with E-state index in [4.69, 9.17) is 14.2 Å². The summed E-state index contributed by atoms with van der Waals surface area (Å²) < 4.78 is 29.2. The number of amides is 1. The Morgan fingerprint density at radius 2 is 1.62 bits per heavy atom. The lowest BCUT2D eigenvalue weighted by Gasteiger charge is -2.42. The third-order valence-corrected chi connectivity index (χ3v) is 4.44. The number of ether oxygens (including phenoxy) is 3. The van der Waals surface area contributed by atoms with Crippen LogP contribution in [0.4, 0.5) is 4.39 Å². The van der Waals surface area contributed by atoms with Crippen LogP contribution >= 0.6 is 0 Å². The Balaban J connectivity index is 1.90. The fourth-order valence-electron chi connectivity index (χ4n) is 3.15. The van der Waals surface area contributed by atoms with Crippen molar-refractivity contribution in [1.82, 2.24) is 4.90 Å². The number of hydrogen-bond acceptors (Lipinski definition) is 4. The number of methoxy groups -OCH3 is 3. The molecule has 6 heteroatoms. The molecule has 1 heterocycles. The van der Waals surface area contributed by atoms with Gasteiger partial charge in [0.05, 0.1) is 27.4 Å². The number of carbonyl (C=O) groups is 1. The second-order valence-electron chi connectivity index (χ2n) is 5.95. The zero-order valence-electron chi connectivity index (χ0n) is 14.9. The Morgan fingerprint density at radius 1 is 1.04 bits per heavy atom. The van der Waals surface area contributed by atoms with E-state index in [2.05, 4.69) is 6.58 Å². The van der Waals surface area contributed by atoms with Crippen LogP contribution in [-0.4, -0.2) is 32.1 Å². The van der Waals surface area contributed by atoms with Gasteiger partial charge in [0.25, 0.3) is 5.91 Å². The van der Waals surface area contributed by atoms with Gasteiger partial charge in [-0.25, -0.2) is 4.39 Å². The van der Waals surface area contributed by atoms with Crippen molar-refractivity contribution in [2.75, 3.05) is 21.3 Å². The summed E-state index contributed by atoms with van der Waals surface area (Å²) >= 11 is 0. The van der Waals surface area contributed by atoms with Gasteiger partial charge >= 0.3 is 0 Å². The molecule has 1 aliphatic rings. The van der Waals surface area contributed by atoms with E-state index in [0.29, 0.717) is 29.4 Å². The topological polar surface area (TPSA) is 48.0 Å². The van der Waals surface area contributed by atoms with Crippen LogP contribution < -0.4 is 14.2 Å². The van der Waals surface area contributed by atoms with Gasteiger partial charge < -0.3 is 19.1 Å². The molecular formula is C20H20FNO4. The molecule has 2 aromatic rings. The van der Waals surface area contributed by atoms with E-state index in [-0.39, 0.29) is 17.8 Å². The zero-order chi connectivity index (χ0) is 18.8. The van der Waals surface area contributed by atoms with E-state index in [1.165, 1.54) is 19.2 Å². The molecule has 2 aromatic carbocycles. The predicted octanol–water partition coefficient (Wildman–Crippen LogP) is 3.49. The van der Waals surface area contributed by atoms with Gasteiger partial charge in [-0.05, 0) is 35.4 Å². The lowest BCUT2D eigenvalue weighted by atomic mass is 9.88. The molecule has 3 rings (SSSR count). The van der Waals surface area contributed by atoms with Crippen LogP contribution in [0.5, 0.6) is 17.2 Å². The van der Waals surface area contributed by atoms with Crippen molar-refractivity contribution < 1.29 is 23.4 Å². The van der Waals surface area contributed by atoms with E-state index in [1.807, 2.05) is 0 Å². The van der Waals surface area contributed by atoms with Gasteiger partial charge in [0.1, 0.15) is 5.82 Å². The van der Waals surface area contributed by atoms with Crippen LogP contribution in [-0.2, 0) is 11.3 Å². The third-order valence-electron chi connectivity index (χ3n) is 4.44. The average molecular weight is 357 g/mol. The first-order valence-electron chi connectivity index (χ1n) is 8.04. The van der Waals surface area contributed by atoms with Crippen molar-refractivity contribution >= 4 is 5.91 Å². The van der Waals surface area contributed by atoms with Crippen molar-refractivity contribution in [3.63, 3.8) is 0 Å². The van der Waals surface area contributed by atoms with Crippen molar-refractivity contribution in [3.05, 3.63) is 65.5 Å². The van der Waals surface area contributed by atoms with Gasteiger partial charge in [-0.1, -0.05) is 18.7 Å². The molecule has 0 unspecified atom stereocenters. The van der Waals surface area contributed by atoms with E-state index in [9.17, 15) is 9.18 Å². The summed E-state index contributed by atoms with van der Waals surface area (Å²) in [5.74, 6) is 1.08. The molecule has 0 bridgehead atoms. The highest BCUT2D eigenvalue weighted by Crippen LogP contribution is 2.42. The smallest absolute Gasteiger partial charge is 0.252 e. The first-order chi connectivity index (χ1) is 12.5. The highest BCUT2D eigenvalue weighted by atomic mass is 19.1. The maximum atomic E-state index is 13.2. The Morgan fingerprint density at radius 3 is 2.12 bits per heavy atom. The molecule has 0 saturated carbocycles. The quantitative estimate of drug-likeness (QED) is 0.587. The summed E-state index contributed by atoms with van der Waals surface area (Å²) in [5.41, 5.74) is 2.14. The Hall–Kier alpha value is -3.02. The zero-order valence-corrected chi connectivity index (χ0v) is 14.9. The summed E-state index contributed by atoms with van der Waals surface area (Å²) in [7, 11) is 4.62. The maximum Gasteiger partial charge on any atom is 0.252 e. The van der Waals surface area contributed by atoms with E-state index in [1.54, 1.807) is 43.4 Å². The predicted molar refractivity (Wildman–Crippen MR) is 94.9 cm³/mol. The molecule has 0 aliphatic carbocycles. The van der Waals surface area contributed by atoms with Crippen LogP contribution in [0.25, 0.3) is 0 Å². The van der Waals surface area contributed by atoms with Crippen molar-refractivity contribution in [2.45, 2.75) is 12.6 Å². The minimum absolute atomic E-state index is 0.131. The van der Waals surface area contributed by atoms with Crippen LogP contribution in [0, 0.1) is 5.82 Å². The summed E-state index contributed by atoms with van der Waals surface area (Å²) in [5, 5.41) is 0. The monoisotopic (exact) mass is 357 g/mol. The van der Waals surface area contributed by atoms with Gasteiger partial charge in [-0.15, -0.1) is 0 Å². The first kappa shape index (κ1) is 17.8. The standard InChI is InChI=1S/C20H20FNO4/c1-12-18(14-5-7-15(21)8-6-14)22(20(12)23)11-13-9-16(24-2)19(26-4)17(10-13)25-3/h5-10,18H,1,11H2,2-4H3/t18-/m1/s1. The molecule has 0 radical (unpaired) electrons. The summed E-state index contributed by atoms with van der Waals surface area (Å²) in [6.07, 6.45) is 0. The fraction of sp³-hybridized carbons (Fsp3) is 0.250. The second-order valence-corrected chi connectivity index (χ2v) is 5.95. The van der Waals surface area contributed by atoms with Crippen LogP contribution in [0.15, 0.2) is 48.6 Å².